The molecule has 0 unspecified atom stereocenters. The third-order valence-corrected chi connectivity index (χ3v) is 2.50. The van der Waals surface area contributed by atoms with Crippen molar-refractivity contribution < 1.29 is 14.8 Å². The molecule has 0 atom stereocenters. The molecule has 8 heteroatoms. The second kappa shape index (κ2) is 6.64. The summed E-state index contributed by atoms with van der Waals surface area (Å²) in [7, 11) is 0. The largest absolute Gasteiger partial charge is 0.395 e. The summed E-state index contributed by atoms with van der Waals surface area (Å²) in [6, 6.07) is 1.10. The van der Waals surface area contributed by atoms with Crippen LogP contribution in [0.15, 0.2) is 12.3 Å². The molecule has 1 aromatic heterocycles. The normalized spacial score (nSPS) is 10.2. The predicted octanol–water partition coefficient (Wildman–Crippen LogP) is 0.417. The van der Waals surface area contributed by atoms with Crippen molar-refractivity contribution in [2.24, 2.45) is 0 Å². The van der Waals surface area contributed by atoms with Crippen LogP contribution in [-0.2, 0) is 0 Å². The Morgan fingerprint density at radius 1 is 1.58 bits per heavy atom. The van der Waals surface area contributed by atoms with Gasteiger partial charge in [-0.25, -0.2) is 4.98 Å². The summed E-state index contributed by atoms with van der Waals surface area (Å²) in [5, 5.41) is 19.6. The predicted molar refractivity (Wildman–Crippen MR) is 68.6 cm³/mol. The van der Waals surface area contributed by atoms with Crippen molar-refractivity contribution >= 4 is 17.4 Å². The second-order valence-electron chi connectivity index (χ2n) is 3.90. The van der Waals surface area contributed by atoms with Gasteiger partial charge in [-0.15, -0.1) is 0 Å². The topological polar surface area (TPSA) is 123 Å². The minimum absolute atomic E-state index is 0.0175. The van der Waals surface area contributed by atoms with E-state index in [4.69, 9.17) is 10.8 Å². The third kappa shape index (κ3) is 3.62. The van der Waals surface area contributed by atoms with Gasteiger partial charge in [0.15, 0.2) is 0 Å². The van der Waals surface area contributed by atoms with Crippen molar-refractivity contribution in [1.82, 2.24) is 9.88 Å². The molecular formula is C11H16N4O4. The van der Waals surface area contributed by atoms with Crippen LogP contribution in [0.3, 0.4) is 0 Å². The van der Waals surface area contributed by atoms with Crippen LogP contribution in [0.25, 0.3) is 0 Å². The lowest BCUT2D eigenvalue weighted by atomic mass is 10.2. The maximum atomic E-state index is 12.2. The zero-order valence-corrected chi connectivity index (χ0v) is 10.6. The van der Waals surface area contributed by atoms with E-state index in [0.717, 1.165) is 12.3 Å². The SMILES string of the molecule is CCCN(CCO)C(=O)c1cc([N+](=O)[O-])cnc1N. The van der Waals surface area contributed by atoms with Gasteiger partial charge >= 0.3 is 0 Å². The smallest absolute Gasteiger partial charge is 0.288 e. The number of pyridine rings is 1. The van der Waals surface area contributed by atoms with Gasteiger partial charge in [0.05, 0.1) is 17.1 Å². The lowest BCUT2D eigenvalue weighted by Crippen LogP contribution is -2.34. The molecule has 3 N–H and O–H groups in total. The molecular weight excluding hydrogens is 252 g/mol. The van der Waals surface area contributed by atoms with Gasteiger partial charge in [0.1, 0.15) is 12.0 Å². The van der Waals surface area contributed by atoms with E-state index in [1.807, 2.05) is 6.92 Å². The summed E-state index contributed by atoms with van der Waals surface area (Å²) < 4.78 is 0. The average molecular weight is 268 g/mol. The number of anilines is 1. The van der Waals surface area contributed by atoms with Crippen molar-refractivity contribution in [1.29, 1.82) is 0 Å². The van der Waals surface area contributed by atoms with Crippen molar-refractivity contribution in [3.05, 3.63) is 27.9 Å². The zero-order chi connectivity index (χ0) is 14.4. The van der Waals surface area contributed by atoms with E-state index < -0.39 is 10.8 Å². The minimum Gasteiger partial charge on any atom is -0.395 e. The molecule has 0 aliphatic carbocycles. The number of rotatable bonds is 6. The van der Waals surface area contributed by atoms with Crippen LogP contribution in [-0.4, -0.2) is 45.5 Å². The first-order chi connectivity index (χ1) is 9.01. The van der Waals surface area contributed by atoms with E-state index in [1.165, 1.54) is 4.90 Å². The summed E-state index contributed by atoms with van der Waals surface area (Å²) in [5.41, 5.74) is 5.27. The lowest BCUT2D eigenvalue weighted by Gasteiger charge is -2.21. The maximum absolute atomic E-state index is 12.2. The second-order valence-corrected chi connectivity index (χ2v) is 3.90. The van der Waals surface area contributed by atoms with E-state index in [9.17, 15) is 14.9 Å². The summed E-state index contributed by atoms with van der Waals surface area (Å²) in [6.45, 7) is 2.27. The first-order valence-corrected chi connectivity index (χ1v) is 5.81. The van der Waals surface area contributed by atoms with Crippen LogP contribution in [0.2, 0.25) is 0 Å². The molecule has 1 heterocycles. The van der Waals surface area contributed by atoms with Gasteiger partial charge in [-0.2, -0.15) is 0 Å². The average Bonchev–Trinajstić information content (AvgIpc) is 2.38. The lowest BCUT2D eigenvalue weighted by molar-refractivity contribution is -0.385. The summed E-state index contributed by atoms with van der Waals surface area (Å²) in [6.07, 6.45) is 1.70. The molecule has 0 saturated heterocycles. The quantitative estimate of drug-likeness (QED) is 0.569. The van der Waals surface area contributed by atoms with Gasteiger partial charge in [0.2, 0.25) is 0 Å². The highest BCUT2D eigenvalue weighted by Gasteiger charge is 2.21. The van der Waals surface area contributed by atoms with Gasteiger partial charge in [-0.3, -0.25) is 14.9 Å². The van der Waals surface area contributed by atoms with Crippen molar-refractivity contribution in [2.45, 2.75) is 13.3 Å². The zero-order valence-electron chi connectivity index (χ0n) is 10.6. The highest BCUT2D eigenvalue weighted by molar-refractivity contribution is 5.98. The fraction of sp³-hybridized carbons (Fsp3) is 0.455. The molecule has 19 heavy (non-hydrogen) atoms. The number of carbonyl (C=O) groups excluding carboxylic acids is 1. The van der Waals surface area contributed by atoms with Crippen molar-refractivity contribution in [3.63, 3.8) is 0 Å². The number of aliphatic hydroxyl groups is 1. The number of amides is 1. The van der Waals surface area contributed by atoms with E-state index in [1.54, 1.807) is 0 Å². The molecule has 0 aliphatic rings. The molecule has 1 rings (SSSR count). The minimum atomic E-state index is -0.639. The monoisotopic (exact) mass is 268 g/mol. The molecule has 0 radical (unpaired) electrons. The number of nitro groups is 1. The molecule has 0 fully saturated rings. The molecule has 0 aromatic carbocycles. The van der Waals surface area contributed by atoms with Crippen LogP contribution < -0.4 is 5.73 Å². The fourth-order valence-corrected chi connectivity index (χ4v) is 1.61. The standard InChI is InChI=1S/C11H16N4O4/c1-2-3-14(4-5-16)11(17)9-6-8(15(18)19)7-13-10(9)12/h6-7,16H,2-5H2,1H3,(H2,12,13). The van der Waals surface area contributed by atoms with Gasteiger partial charge in [-0.1, -0.05) is 6.92 Å². The van der Waals surface area contributed by atoms with E-state index in [2.05, 4.69) is 4.98 Å². The fourth-order valence-electron chi connectivity index (χ4n) is 1.61. The molecule has 1 aromatic rings. The number of hydrogen-bond donors (Lipinski definition) is 2. The van der Waals surface area contributed by atoms with Gasteiger partial charge < -0.3 is 15.7 Å². The molecule has 104 valence electrons. The van der Waals surface area contributed by atoms with Gasteiger partial charge in [0, 0.05) is 19.2 Å². The Balaban J connectivity index is 3.08. The number of aliphatic hydroxyl groups excluding tert-OH is 1. The highest BCUT2D eigenvalue weighted by Crippen LogP contribution is 2.18. The van der Waals surface area contributed by atoms with E-state index >= 15 is 0 Å². The first-order valence-electron chi connectivity index (χ1n) is 5.81. The summed E-state index contributed by atoms with van der Waals surface area (Å²) in [4.78, 5) is 27.3. The van der Waals surface area contributed by atoms with Gasteiger partial charge in [0.25, 0.3) is 11.6 Å². The Morgan fingerprint density at radius 2 is 2.26 bits per heavy atom. The Bertz CT molecular complexity index is 472. The van der Waals surface area contributed by atoms with Crippen molar-refractivity contribution in [3.8, 4) is 0 Å². The van der Waals surface area contributed by atoms with E-state index in [-0.39, 0.29) is 30.2 Å². The number of aromatic nitrogens is 1. The first kappa shape index (κ1) is 14.8. The molecule has 0 saturated carbocycles. The highest BCUT2D eigenvalue weighted by atomic mass is 16.6. The van der Waals surface area contributed by atoms with Crippen LogP contribution in [0, 0.1) is 10.1 Å². The summed E-state index contributed by atoms with van der Waals surface area (Å²) in [5.74, 6) is -0.528. The number of nitrogen functional groups attached to an aromatic ring is 1. The Hall–Kier alpha value is -2.22. The van der Waals surface area contributed by atoms with Crippen LogP contribution in [0.1, 0.15) is 23.7 Å². The molecule has 0 aliphatic heterocycles. The molecule has 0 spiro atoms. The van der Waals surface area contributed by atoms with Crippen molar-refractivity contribution in [2.75, 3.05) is 25.4 Å². The number of nitrogens with zero attached hydrogens (tertiary/aromatic N) is 3. The number of hydrogen-bond acceptors (Lipinski definition) is 6. The third-order valence-electron chi connectivity index (χ3n) is 2.50. The van der Waals surface area contributed by atoms with Crippen LogP contribution in [0.5, 0.6) is 0 Å². The summed E-state index contributed by atoms with van der Waals surface area (Å²) >= 11 is 0. The van der Waals surface area contributed by atoms with E-state index in [0.29, 0.717) is 13.0 Å². The Kier molecular flexibility index (Phi) is 5.19. The number of nitrogens with two attached hydrogens (primary N) is 1. The molecule has 0 bridgehead atoms. The maximum Gasteiger partial charge on any atom is 0.288 e. The molecule has 1 amide bonds. The molecule has 8 nitrogen and oxygen atoms in total. The van der Waals surface area contributed by atoms with Crippen LogP contribution >= 0.6 is 0 Å². The Labute approximate surface area is 110 Å². The van der Waals surface area contributed by atoms with Gasteiger partial charge in [-0.05, 0) is 6.42 Å². The number of carbonyl (C=O) groups is 1. The van der Waals surface area contributed by atoms with Crippen LogP contribution in [0.4, 0.5) is 11.5 Å². The Morgan fingerprint density at radius 3 is 2.79 bits per heavy atom.